The molecule has 0 aliphatic heterocycles. The van der Waals surface area contributed by atoms with E-state index in [0.717, 1.165) is 5.56 Å². The van der Waals surface area contributed by atoms with E-state index >= 15 is 0 Å². The van der Waals surface area contributed by atoms with E-state index in [9.17, 15) is 9.90 Å². The van der Waals surface area contributed by atoms with Gasteiger partial charge in [-0.1, -0.05) is 12.1 Å². The molecule has 1 unspecified atom stereocenters. The molecular weight excluding hydrogens is 258 g/mol. The molecule has 1 aromatic carbocycles. The molecule has 6 nitrogen and oxygen atoms in total. The Balaban J connectivity index is 1.89. The summed E-state index contributed by atoms with van der Waals surface area (Å²) in [5.41, 5.74) is 1.36. The molecule has 1 atom stereocenters. The fraction of sp³-hybridized carbons (Fsp3) is 0.286. The van der Waals surface area contributed by atoms with Gasteiger partial charge in [-0.25, -0.2) is 9.78 Å². The Kier molecular flexibility index (Phi) is 4.37. The number of aryl methyl sites for hydroxylation is 1. The third-order valence-corrected chi connectivity index (χ3v) is 2.70. The highest BCUT2D eigenvalue weighted by Crippen LogP contribution is 2.16. The van der Waals surface area contributed by atoms with Gasteiger partial charge in [0.25, 0.3) is 0 Å². The first kappa shape index (κ1) is 14.1. The first-order chi connectivity index (χ1) is 9.54. The number of oxazole rings is 1. The summed E-state index contributed by atoms with van der Waals surface area (Å²) in [6, 6.07) is 6.68. The number of aromatic nitrogens is 1. The Bertz CT molecular complexity index is 593. The molecule has 1 heterocycles. The Morgan fingerprint density at radius 2 is 2.30 bits per heavy atom. The summed E-state index contributed by atoms with van der Waals surface area (Å²) in [6.45, 7) is 3.68. The molecule has 0 saturated carbocycles. The second-order valence-corrected chi connectivity index (χ2v) is 4.47. The number of hydrogen-bond acceptors (Lipinski definition) is 4. The number of anilines is 1. The maximum atomic E-state index is 11.7. The summed E-state index contributed by atoms with van der Waals surface area (Å²) in [7, 11) is 0. The van der Waals surface area contributed by atoms with Gasteiger partial charge in [0, 0.05) is 5.69 Å². The molecule has 2 rings (SSSR count). The highest BCUT2D eigenvalue weighted by atomic mass is 16.4. The van der Waals surface area contributed by atoms with Crippen molar-refractivity contribution in [1.82, 2.24) is 10.3 Å². The van der Waals surface area contributed by atoms with E-state index in [2.05, 4.69) is 15.6 Å². The second-order valence-electron chi connectivity index (χ2n) is 4.47. The number of benzene rings is 1. The molecule has 106 valence electrons. The monoisotopic (exact) mass is 275 g/mol. The topological polar surface area (TPSA) is 87.4 Å². The number of urea groups is 1. The van der Waals surface area contributed by atoms with Crippen LogP contribution in [0.3, 0.4) is 0 Å². The Morgan fingerprint density at radius 3 is 2.95 bits per heavy atom. The van der Waals surface area contributed by atoms with Gasteiger partial charge in [-0.05, 0) is 31.5 Å². The van der Waals surface area contributed by atoms with Crippen molar-refractivity contribution in [3.8, 4) is 0 Å². The highest BCUT2D eigenvalue weighted by molar-refractivity contribution is 5.89. The van der Waals surface area contributed by atoms with Crippen LogP contribution in [0.25, 0.3) is 0 Å². The van der Waals surface area contributed by atoms with E-state index < -0.39 is 6.10 Å². The lowest BCUT2D eigenvalue weighted by Crippen LogP contribution is -2.28. The van der Waals surface area contributed by atoms with Gasteiger partial charge in [-0.15, -0.1) is 0 Å². The van der Waals surface area contributed by atoms with Crippen LogP contribution >= 0.6 is 0 Å². The van der Waals surface area contributed by atoms with Crippen LogP contribution in [-0.2, 0) is 6.54 Å². The standard InChI is InChI=1S/C14H17N3O3/c1-9-7-15-13(20-9)8-16-14(19)17-12-5-3-4-11(6-12)10(2)18/h3-7,10,18H,8H2,1-2H3,(H2,16,17,19). The van der Waals surface area contributed by atoms with E-state index in [1.54, 1.807) is 44.3 Å². The van der Waals surface area contributed by atoms with Crippen molar-refractivity contribution in [3.63, 3.8) is 0 Å². The molecule has 2 aromatic rings. The summed E-state index contributed by atoms with van der Waals surface area (Å²) < 4.78 is 5.25. The van der Waals surface area contributed by atoms with Crippen LogP contribution in [0.4, 0.5) is 10.5 Å². The molecule has 0 radical (unpaired) electrons. The minimum absolute atomic E-state index is 0.218. The average Bonchev–Trinajstić information content (AvgIpc) is 2.82. The smallest absolute Gasteiger partial charge is 0.319 e. The van der Waals surface area contributed by atoms with Crippen molar-refractivity contribution in [2.75, 3.05) is 5.32 Å². The number of nitrogens with one attached hydrogen (secondary N) is 2. The predicted octanol–water partition coefficient (Wildman–Crippen LogP) is 2.36. The average molecular weight is 275 g/mol. The summed E-state index contributed by atoms with van der Waals surface area (Å²) in [5, 5.41) is 14.8. The predicted molar refractivity (Wildman–Crippen MR) is 74.2 cm³/mol. The van der Waals surface area contributed by atoms with Crippen molar-refractivity contribution < 1.29 is 14.3 Å². The molecule has 3 N–H and O–H groups in total. The fourth-order valence-electron chi connectivity index (χ4n) is 1.69. The molecular formula is C14H17N3O3. The van der Waals surface area contributed by atoms with Crippen LogP contribution in [0, 0.1) is 6.92 Å². The number of carbonyl (C=O) groups is 1. The summed E-state index contributed by atoms with van der Waals surface area (Å²) >= 11 is 0. The number of aliphatic hydroxyl groups excluding tert-OH is 1. The van der Waals surface area contributed by atoms with Gasteiger partial charge in [-0.3, -0.25) is 0 Å². The number of aliphatic hydroxyl groups is 1. The molecule has 0 bridgehead atoms. The van der Waals surface area contributed by atoms with Crippen LogP contribution < -0.4 is 10.6 Å². The minimum Gasteiger partial charge on any atom is -0.444 e. The molecule has 2 amide bonds. The molecule has 0 saturated heterocycles. The minimum atomic E-state index is -0.574. The molecule has 0 fully saturated rings. The fourth-order valence-corrected chi connectivity index (χ4v) is 1.69. The van der Waals surface area contributed by atoms with E-state index in [1.807, 2.05) is 0 Å². The van der Waals surface area contributed by atoms with Crippen LogP contribution in [0.1, 0.15) is 30.2 Å². The van der Waals surface area contributed by atoms with Crippen molar-refractivity contribution in [2.45, 2.75) is 26.5 Å². The zero-order valence-corrected chi connectivity index (χ0v) is 11.4. The number of nitrogens with zero attached hydrogens (tertiary/aromatic N) is 1. The lowest BCUT2D eigenvalue weighted by molar-refractivity contribution is 0.199. The summed E-state index contributed by atoms with van der Waals surface area (Å²) in [5.74, 6) is 1.15. The van der Waals surface area contributed by atoms with Gasteiger partial charge in [0.1, 0.15) is 5.76 Å². The van der Waals surface area contributed by atoms with Gasteiger partial charge < -0.3 is 20.2 Å². The van der Waals surface area contributed by atoms with Gasteiger partial charge in [0.05, 0.1) is 18.8 Å². The normalized spacial score (nSPS) is 11.9. The lowest BCUT2D eigenvalue weighted by atomic mass is 10.1. The lowest BCUT2D eigenvalue weighted by Gasteiger charge is -2.09. The molecule has 0 spiro atoms. The van der Waals surface area contributed by atoms with E-state index in [-0.39, 0.29) is 12.6 Å². The Labute approximate surface area is 116 Å². The molecule has 6 heteroatoms. The van der Waals surface area contributed by atoms with Crippen LogP contribution in [-0.4, -0.2) is 16.1 Å². The van der Waals surface area contributed by atoms with Gasteiger partial charge in [0.15, 0.2) is 0 Å². The number of carbonyl (C=O) groups excluding carboxylic acids is 1. The molecule has 20 heavy (non-hydrogen) atoms. The number of rotatable bonds is 4. The Hall–Kier alpha value is -2.34. The van der Waals surface area contributed by atoms with Crippen LogP contribution in [0.15, 0.2) is 34.9 Å². The summed E-state index contributed by atoms with van der Waals surface area (Å²) in [4.78, 5) is 15.7. The quantitative estimate of drug-likeness (QED) is 0.799. The highest BCUT2D eigenvalue weighted by Gasteiger charge is 2.06. The molecule has 0 aliphatic carbocycles. The largest absolute Gasteiger partial charge is 0.444 e. The third-order valence-electron chi connectivity index (χ3n) is 2.70. The first-order valence-electron chi connectivity index (χ1n) is 6.29. The van der Waals surface area contributed by atoms with Crippen LogP contribution in [0.5, 0.6) is 0 Å². The van der Waals surface area contributed by atoms with Crippen molar-refractivity contribution in [2.24, 2.45) is 0 Å². The van der Waals surface area contributed by atoms with Crippen molar-refractivity contribution >= 4 is 11.7 Å². The SMILES string of the molecule is Cc1cnc(CNC(=O)Nc2cccc(C(C)O)c2)o1. The number of hydrogen-bond donors (Lipinski definition) is 3. The van der Waals surface area contributed by atoms with Crippen LogP contribution in [0.2, 0.25) is 0 Å². The molecule has 1 aromatic heterocycles. The van der Waals surface area contributed by atoms with Gasteiger partial charge in [0.2, 0.25) is 5.89 Å². The molecule has 0 aliphatic rings. The van der Waals surface area contributed by atoms with E-state index in [1.165, 1.54) is 0 Å². The summed E-state index contributed by atoms with van der Waals surface area (Å²) in [6.07, 6.45) is 1.02. The maximum Gasteiger partial charge on any atom is 0.319 e. The van der Waals surface area contributed by atoms with E-state index in [4.69, 9.17) is 4.42 Å². The van der Waals surface area contributed by atoms with Gasteiger partial charge >= 0.3 is 6.03 Å². The maximum absolute atomic E-state index is 11.7. The number of amides is 2. The Morgan fingerprint density at radius 1 is 1.50 bits per heavy atom. The third kappa shape index (κ3) is 3.83. The van der Waals surface area contributed by atoms with E-state index in [0.29, 0.717) is 17.3 Å². The zero-order chi connectivity index (χ0) is 14.5. The first-order valence-corrected chi connectivity index (χ1v) is 6.29. The van der Waals surface area contributed by atoms with Gasteiger partial charge in [-0.2, -0.15) is 0 Å². The second kappa shape index (κ2) is 6.21. The zero-order valence-electron chi connectivity index (χ0n) is 11.4. The van der Waals surface area contributed by atoms with Crippen molar-refractivity contribution in [3.05, 3.63) is 47.7 Å². The van der Waals surface area contributed by atoms with Crippen molar-refractivity contribution in [1.29, 1.82) is 0 Å².